The molecular formula is C16H15N5O3. The van der Waals surface area contributed by atoms with E-state index < -0.39 is 6.09 Å². The van der Waals surface area contributed by atoms with Crippen LogP contribution in [0.5, 0.6) is 0 Å². The summed E-state index contributed by atoms with van der Waals surface area (Å²) < 4.78 is 4.49. The Labute approximate surface area is 137 Å². The van der Waals surface area contributed by atoms with Crippen LogP contribution in [0.4, 0.5) is 10.5 Å². The number of methoxy groups -OCH3 is 1. The van der Waals surface area contributed by atoms with Gasteiger partial charge in [0.15, 0.2) is 0 Å². The second-order valence-electron chi connectivity index (χ2n) is 4.97. The summed E-state index contributed by atoms with van der Waals surface area (Å²) in [4.78, 5) is 34.7. The van der Waals surface area contributed by atoms with Crippen LogP contribution in [0.3, 0.4) is 0 Å². The van der Waals surface area contributed by atoms with Gasteiger partial charge in [-0.1, -0.05) is 0 Å². The van der Waals surface area contributed by atoms with Crippen molar-refractivity contribution in [1.82, 2.24) is 20.3 Å². The largest absolute Gasteiger partial charge is 0.453 e. The van der Waals surface area contributed by atoms with E-state index in [2.05, 4.69) is 30.3 Å². The number of pyridine rings is 1. The maximum atomic E-state index is 12.4. The van der Waals surface area contributed by atoms with Crippen LogP contribution < -0.4 is 10.6 Å². The second-order valence-corrected chi connectivity index (χ2v) is 4.97. The van der Waals surface area contributed by atoms with Gasteiger partial charge < -0.3 is 20.4 Å². The van der Waals surface area contributed by atoms with Crippen LogP contribution in [0, 0.1) is 0 Å². The Balaban J connectivity index is 1.71. The number of H-pyrrole nitrogens is 1. The highest BCUT2D eigenvalue weighted by molar-refractivity contribution is 6.04. The van der Waals surface area contributed by atoms with Gasteiger partial charge in [-0.25, -0.2) is 9.78 Å². The van der Waals surface area contributed by atoms with Gasteiger partial charge >= 0.3 is 6.09 Å². The number of alkyl carbamates (subject to hydrolysis) is 1. The molecule has 3 N–H and O–H groups in total. The van der Waals surface area contributed by atoms with Crippen molar-refractivity contribution < 1.29 is 14.3 Å². The molecule has 0 aliphatic heterocycles. The minimum Gasteiger partial charge on any atom is -0.453 e. The van der Waals surface area contributed by atoms with Gasteiger partial charge in [0, 0.05) is 17.4 Å². The highest BCUT2D eigenvalue weighted by Gasteiger charge is 2.09. The number of amides is 2. The van der Waals surface area contributed by atoms with Gasteiger partial charge in [-0.2, -0.15) is 0 Å². The first-order valence-electron chi connectivity index (χ1n) is 7.17. The Morgan fingerprint density at radius 3 is 2.92 bits per heavy atom. The van der Waals surface area contributed by atoms with Crippen molar-refractivity contribution in [2.75, 3.05) is 12.4 Å². The zero-order chi connectivity index (χ0) is 16.9. The molecule has 3 rings (SSSR count). The van der Waals surface area contributed by atoms with E-state index in [9.17, 15) is 9.59 Å². The number of hydrogen-bond acceptors (Lipinski definition) is 5. The van der Waals surface area contributed by atoms with Crippen molar-refractivity contribution in [2.45, 2.75) is 6.54 Å². The van der Waals surface area contributed by atoms with E-state index in [1.54, 1.807) is 30.6 Å². The minimum atomic E-state index is -0.556. The molecule has 8 nitrogen and oxygen atoms in total. The highest BCUT2D eigenvalue weighted by Crippen LogP contribution is 2.16. The lowest BCUT2D eigenvalue weighted by Gasteiger charge is -2.07. The SMILES string of the molecule is COC(=O)NCc1cc(C(=O)Nc2ccc3nc[nH]c3c2)ccn1. The first-order valence-corrected chi connectivity index (χ1v) is 7.17. The monoisotopic (exact) mass is 325 g/mol. The quantitative estimate of drug-likeness (QED) is 0.680. The molecule has 0 aliphatic carbocycles. The highest BCUT2D eigenvalue weighted by atomic mass is 16.5. The topological polar surface area (TPSA) is 109 Å². The molecule has 122 valence electrons. The van der Waals surface area contributed by atoms with Crippen LogP contribution in [0.1, 0.15) is 16.1 Å². The normalized spacial score (nSPS) is 10.4. The molecule has 24 heavy (non-hydrogen) atoms. The minimum absolute atomic E-state index is 0.175. The van der Waals surface area contributed by atoms with Crippen LogP contribution in [-0.4, -0.2) is 34.1 Å². The van der Waals surface area contributed by atoms with Gasteiger partial charge in [-0.3, -0.25) is 9.78 Å². The number of benzene rings is 1. The Morgan fingerprint density at radius 1 is 1.21 bits per heavy atom. The van der Waals surface area contributed by atoms with Crippen molar-refractivity contribution in [3.63, 3.8) is 0 Å². The molecule has 0 aliphatic rings. The summed E-state index contributed by atoms with van der Waals surface area (Å²) in [5.74, 6) is -0.268. The summed E-state index contributed by atoms with van der Waals surface area (Å²) in [5, 5.41) is 5.33. The Morgan fingerprint density at radius 2 is 2.08 bits per heavy atom. The predicted molar refractivity (Wildman–Crippen MR) is 87.5 cm³/mol. The molecule has 3 aromatic rings. The van der Waals surface area contributed by atoms with E-state index in [4.69, 9.17) is 0 Å². The Hall–Kier alpha value is -3.42. The van der Waals surface area contributed by atoms with Crippen LogP contribution in [0.2, 0.25) is 0 Å². The Bertz CT molecular complexity index is 890. The number of rotatable bonds is 4. The fraction of sp³-hybridized carbons (Fsp3) is 0.125. The van der Waals surface area contributed by atoms with E-state index in [1.165, 1.54) is 13.3 Å². The van der Waals surface area contributed by atoms with E-state index in [-0.39, 0.29) is 12.5 Å². The third kappa shape index (κ3) is 3.49. The molecule has 0 unspecified atom stereocenters. The first kappa shape index (κ1) is 15.5. The zero-order valence-corrected chi connectivity index (χ0v) is 12.9. The van der Waals surface area contributed by atoms with Crippen LogP contribution >= 0.6 is 0 Å². The maximum absolute atomic E-state index is 12.4. The van der Waals surface area contributed by atoms with Crippen molar-refractivity contribution >= 4 is 28.7 Å². The average Bonchev–Trinajstić information content (AvgIpc) is 3.07. The van der Waals surface area contributed by atoms with Crippen LogP contribution in [0.25, 0.3) is 11.0 Å². The number of anilines is 1. The fourth-order valence-corrected chi connectivity index (χ4v) is 2.17. The number of ether oxygens (including phenoxy) is 1. The average molecular weight is 325 g/mol. The van der Waals surface area contributed by atoms with Gasteiger partial charge in [0.2, 0.25) is 0 Å². The Kier molecular flexibility index (Phi) is 4.37. The smallest absolute Gasteiger partial charge is 0.407 e. The molecule has 0 spiro atoms. The van der Waals surface area contributed by atoms with Crippen molar-refractivity contribution in [3.8, 4) is 0 Å². The number of aromatic nitrogens is 3. The van der Waals surface area contributed by atoms with E-state index in [0.29, 0.717) is 16.9 Å². The summed E-state index contributed by atoms with van der Waals surface area (Å²) in [6.45, 7) is 0.175. The number of nitrogens with zero attached hydrogens (tertiary/aromatic N) is 2. The van der Waals surface area contributed by atoms with Crippen molar-refractivity contribution in [2.24, 2.45) is 0 Å². The lowest BCUT2D eigenvalue weighted by molar-refractivity contribution is 0.102. The number of carbonyl (C=O) groups is 2. The number of hydrogen-bond donors (Lipinski definition) is 3. The molecule has 0 fully saturated rings. The van der Waals surface area contributed by atoms with Gasteiger partial charge in [0.25, 0.3) is 5.91 Å². The maximum Gasteiger partial charge on any atom is 0.407 e. The molecule has 1 aromatic carbocycles. The molecule has 2 aromatic heterocycles. The van der Waals surface area contributed by atoms with Gasteiger partial charge in [-0.15, -0.1) is 0 Å². The number of carbonyl (C=O) groups excluding carboxylic acids is 2. The number of aromatic amines is 1. The van der Waals surface area contributed by atoms with Crippen molar-refractivity contribution in [1.29, 1.82) is 0 Å². The molecule has 2 amide bonds. The number of imidazole rings is 1. The van der Waals surface area contributed by atoms with Crippen LogP contribution in [0.15, 0.2) is 42.9 Å². The van der Waals surface area contributed by atoms with Crippen LogP contribution in [-0.2, 0) is 11.3 Å². The van der Waals surface area contributed by atoms with E-state index in [0.717, 1.165) is 11.0 Å². The number of nitrogens with one attached hydrogen (secondary N) is 3. The molecular weight excluding hydrogens is 310 g/mol. The molecule has 0 atom stereocenters. The fourth-order valence-electron chi connectivity index (χ4n) is 2.17. The molecule has 0 bridgehead atoms. The van der Waals surface area contributed by atoms with E-state index >= 15 is 0 Å². The third-order valence-corrected chi connectivity index (χ3v) is 3.36. The second kappa shape index (κ2) is 6.78. The van der Waals surface area contributed by atoms with E-state index in [1.807, 2.05) is 6.07 Å². The number of fused-ring (bicyclic) bond motifs is 1. The summed E-state index contributed by atoms with van der Waals surface area (Å²) in [5.41, 5.74) is 3.31. The summed E-state index contributed by atoms with van der Waals surface area (Å²) in [6.07, 6.45) is 2.56. The molecule has 0 radical (unpaired) electrons. The van der Waals surface area contributed by atoms with Crippen molar-refractivity contribution in [3.05, 3.63) is 54.1 Å². The standard InChI is InChI=1S/C16H15N5O3/c1-24-16(23)18-8-12-6-10(4-5-17-12)15(22)21-11-2-3-13-14(7-11)20-9-19-13/h2-7,9H,8H2,1H3,(H,18,23)(H,19,20)(H,21,22). The summed E-state index contributed by atoms with van der Waals surface area (Å²) >= 11 is 0. The molecule has 0 saturated heterocycles. The van der Waals surface area contributed by atoms with Gasteiger partial charge in [0.05, 0.1) is 36.7 Å². The van der Waals surface area contributed by atoms with Gasteiger partial charge in [0.1, 0.15) is 0 Å². The predicted octanol–water partition coefficient (Wildman–Crippen LogP) is 2.07. The lowest BCUT2D eigenvalue weighted by atomic mass is 10.2. The molecule has 8 heteroatoms. The molecule has 2 heterocycles. The zero-order valence-electron chi connectivity index (χ0n) is 12.9. The lowest BCUT2D eigenvalue weighted by Crippen LogP contribution is -2.23. The molecule has 0 saturated carbocycles. The summed E-state index contributed by atoms with van der Waals surface area (Å²) in [7, 11) is 1.28. The van der Waals surface area contributed by atoms with Gasteiger partial charge in [-0.05, 0) is 30.3 Å². The third-order valence-electron chi connectivity index (χ3n) is 3.36. The first-order chi connectivity index (χ1) is 11.7. The summed E-state index contributed by atoms with van der Waals surface area (Å²) in [6, 6.07) is 8.62.